The van der Waals surface area contributed by atoms with Crippen LogP contribution < -0.4 is 10.5 Å². The van der Waals surface area contributed by atoms with Gasteiger partial charge in [-0.2, -0.15) is 0 Å². The Labute approximate surface area is 101 Å². The van der Waals surface area contributed by atoms with E-state index in [1.807, 2.05) is 0 Å². The number of sulfonamides is 1. The van der Waals surface area contributed by atoms with Gasteiger partial charge >= 0.3 is 0 Å². The number of nitrogens with one attached hydrogen (secondary N) is 1. The van der Waals surface area contributed by atoms with Gasteiger partial charge in [0.1, 0.15) is 5.82 Å². The number of nitrogens with two attached hydrogens (primary N) is 1. The first kappa shape index (κ1) is 14.1. The molecule has 17 heavy (non-hydrogen) atoms. The van der Waals surface area contributed by atoms with E-state index in [1.165, 1.54) is 12.1 Å². The highest BCUT2D eigenvalue weighted by molar-refractivity contribution is 7.89. The summed E-state index contributed by atoms with van der Waals surface area (Å²) >= 11 is 0. The van der Waals surface area contributed by atoms with E-state index in [4.69, 9.17) is 5.73 Å². The predicted octanol–water partition coefficient (Wildman–Crippen LogP) is 0.984. The van der Waals surface area contributed by atoms with Gasteiger partial charge in [0.25, 0.3) is 0 Å². The molecule has 0 saturated carbocycles. The molecule has 0 amide bonds. The smallest absolute Gasteiger partial charge is 0.211 e. The topological polar surface area (TPSA) is 72.2 Å². The summed E-state index contributed by atoms with van der Waals surface area (Å²) in [5.41, 5.74) is 6.02. The standard InChI is InChI=1S/C11H17FN2O2S/c12-11-5-3-10(4-6-11)9-14-17(15,16)8-2-1-7-13/h3-6,14H,1-2,7-9,13H2. The van der Waals surface area contributed by atoms with Crippen molar-refractivity contribution in [2.24, 2.45) is 5.73 Å². The molecule has 0 fully saturated rings. The minimum absolute atomic E-state index is 0.0748. The molecule has 0 spiro atoms. The predicted molar refractivity (Wildman–Crippen MR) is 65.3 cm³/mol. The number of hydrogen-bond acceptors (Lipinski definition) is 3. The summed E-state index contributed by atoms with van der Waals surface area (Å²) in [6, 6.07) is 5.71. The van der Waals surface area contributed by atoms with Crippen molar-refractivity contribution < 1.29 is 12.8 Å². The molecule has 0 aliphatic rings. The highest BCUT2D eigenvalue weighted by Crippen LogP contribution is 2.03. The molecule has 3 N–H and O–H groups in total. The Morgan fingerprint density at radius 1 is 1.18 bits per heavy atom. The molecule has 1 aromatic rings. The van der Waals surface area contributed by atoms with Crippen LogP contribution in [0.2, 0.25) is 0 Å². The maximum Gasteiger partial charge on any atom is 0.211 e. The van der Waals surface area contributed by atoms with Crippen molar-refractivity contribution in [1.29, 1.82) is 0 Å². The average Bonchev–Trinajstić information content (AvgIpc) is 2.29. The molecule has 4 nitrogen and oxygen atoms in total. The number of rotatable bonds is 7. The minimum atomic E-state index is -3.26. The van der Waals surface area contributed by atoms with Crippen molar-refractivity contribution in [1.82, 2.24) is 4.72 Å². The number of benzene rings is 1. The lowest BCUT2D eigenvalue weighted by molar-refractivity contribution is 0.577. The first-order valence-corrected chi connectivity index (χ1v) is 7.10. The van der Waals surface area contributed by atoms with Crippen LogP contribution in [-0.4, -0.2) is 20.7 Å². The Kier molecular flexibility index (Phi) is 5.54. The molecule has 0 aromatic heterocycles. The van der Waals surface area contributed by atoms with E-state index in [1.54, 1.807) is 12.1 Å². The van der Waals surface area contributed by atoms with Crippen molar-refractivity contribution in [3.05, 3.63) is 35.6 Å². The summed E-state index contributed by atoms with van der Waals surface area (Å²) in [7, 11) is -3.26. The Bertz CT molecular complexity index is 431. The average molecular weight is 260 g/mol. The highest BCUT2D eigenvalue weighted by atomic mass is 32.2. The second-order valence-electron chi connectivity index (χ2n) is 3.76. The second kappa shape index (κ2) is 6.68. The largest absolute Gasteiger partial charge is 0.330 e. The summed E-state index contributed by atoms with van der Waals surface area (Å²) in [5, 5.41) is 0. The van der Waals surface area contributed by atoms with Crippen LogP contribution in [0, 0.1) is 5.82 Å². The lowest BCUT2D eigenvalue weighted by Gasteiger charge is -2.06. The number of halogens is 1. The van der Waals surface area contributed by atoms with Crippen LogP contribution in [-0.2, 0) is 16.6 Å². The molecule has 1 aromatic carbocycles. The zero-order valence-electron chi connectivity index (χ0n) is 9.52. The lowest BCUT2D eigenvalue weighted by atomic mass is 10.2. The van der Waals surface area contributed by atoms with Gasteiger partial charge < -0.3 is 5.73 Å². The Morgan fingerprint density at radius 3 is 2.41 bits per heavy atom. The van der Waals surface area contributed by atoms with Crippen molar-refractivity contribution in [2.75, 3.05) is 12.3 Å². The van der Waals surface area contributed by atoms with Gasteiger partial charge in [-0.05, 0) is 37.1 Å². The van der Waals surface area contributed by atoms with Crippen molar-refractivity contribution in [3.63, 3.8) is 0 Å². The summed E-state index contributed by atoms with van der Waals surface area (Å²) in [6.45, 7) is 0.679. The molecule has 96 valence electrons. The molecule has 6 heteroatoms. The van der Waals surface area contributed by atoms with Gasteiger partial charge in [-0.3, -0.25) is 0 Å². The van der Waals surface area contributed by atoms with Crippen LogP contribution >= 0.6 is 0 Å². The van der Waals surface area contributed by atoms with Crippen LogP contribution in [0.15, 0.2) is 24.3 Å². The monoisotopic (exact) mass is 260 g/mol. The third-order valence-electron chi connectivity index (χ3n) is 2.28. The van der Waals surface area contributed by atoms with E-state index in [9.17, 15) is 12.8 Å². The van der Waals surface area contributed by atoms with E-state index in [-0.39, 0.29) is 18.1 Å². The fourth-order valence-electron chi connectivity index (χ4n) is 1.30. The molecule has 1 rings (SSSR count). The van der Waals surface area contributed by atoms with Gasteiger partial charge in [0.2, 0.25) is 10.0 Å². The van der Waals surface area contributed by atoms with Gasteiger partial charge in [-0.25, -0.2) is 17.5 Å². The van der Waals surface area contributed by atoms with Crippen molar-refractivity contribution in [3.8, 4) is 0 Å². The van der Waals surface area contributed by atoms with E-state index in [2.05, 4.69) is 4.72 Å². The highest BCUT2D eigenvalue weighted by Gasteiger charge is 2.08. The molecule has 0 aliphatic carbocycles. The van der Waals surface area contributed by atoms with Gasteiger partial charge in [-0.15, -0.1) is 0 Å². The zero-order valence-corrected chi connectivity index (χ0v) is 10.3. The number of hydrogen-bond donors (Lipinski definition) is 2. The fraction of sp³-hybridized carbons (Fsp3) is 0.455. The Hall–Kier alpha value is -0.980. The summed E-state index contributed by atoms with van der Waals surface area (Å²) in [6.07, 6.45) is 1.24. The Balaban J connectivity index is 2.41. The molecule has 0 heterocycles. The third kappa shape index (κ3) is 5.76. The third-order valence-corrected chi connectivity index (χ3v) is 3.69. The quantitative estimate of drug-likeness (QED) is 0.718. The molecule has 0 radical (unpaired) electrons. The van der Waals surface area contributed by atoms with E-state index < -0.39 is 10.0 Å². The molecule has 0 atom stereocenters. The van der Waals surface area contributed by atoms with Gasteiger partial charge in [0.15, 0.2) is 0 Å². The van der Waals surface area contributed by atoms with Crippen LogP contribution in [0.5, 0.6) is 0 Å². The number of unbranched alkanes of at least 4 members (excludes halogenated alkanes) is 1. The summed E-state index contributed by atoms with van der Waals surface area (Å²) in [5.74, 6) is -0.259. The first-order valence-electron chi connectivity index (χ1n) is 5.45. The van der Waals surface area contributed by atoms with Crippen LogP contribution in [0.25, 0.3) is 0 Å². The SMILES string of the molecule is NCCCCS(=O)(=O)NCc1ccc(F)cc1. The van der Waals surface area contributed by atoms with E-state index in [0.717, 1.165) is 5.56 Å². The van der Waals surface area contributed by atoms with Gasteiger partial charge in [-0.1, -0.05) is 12.1 Å². The van der Waals surface area contributed by atoms with Crippen LogP contribution in [0.3, 0.4) is 0 Å². The molecule has 0 bridgehead atoms. The van der Waals surface area contributed by atoms with E-state index >= 15 is 0 Å². The van der Waals surface area contributed by atoms with Crippen molar-refractivity contribution >= 4 is 10.0 Å². The molecule has 0 aliphatic heterocycles. The Morgan fingerprint density at radius 2 is 1.82 bits per heavy atom. The van der Waals surface area contributed by atoms with Crippen molar-refractivity contribution in [2.45, 2.75) is 19.4 Å². The fourth-order valence-corrected chi connectivity index (χ4v) is 2.42. The van der Waals surface area contributed by atoms with Crippen LogP contribution in [0.4, 0.5) is 4.39 Å². The summed E-state index contributed by atoms with van der Waals surface area (Å²) in [4.78, 5) is 0. The molecular weight excluding hydrogens is 243 g/mol. The lowest BCUT2D eigenvalue weighted by Crippen LogP contribution is -2.26. The summed E-state index contributed by atoms with van der Waals surface area (Å²) < 4.78 is 38.1. The van der Waals surface area contributed by atoms with Gasteiger partial charge in [0, 0.05) is 6.54 Å². The maximum atomic E-state index is 12.6. The first-order chi connectivity index (χ1) is 8.03. The normalized spacial score (nSPS) is 11.6. The molecular formula is C11H17FN2O2S. The second-order valence-corrected chi connectivity index (χ2v) is 5.69. The molecule has 0 saturated heterocycles. The van der Waals surface area contributed by atoms with Gasteiger partial charge in [0.05, 0.1) is 5.75 Å². The minimum Gasteiger partial charge on any atom is -0.330 e. The zero-order chi connectivity index (χ0) is 12.7. The van der Waals surface area contributed by atoms with Crippen LogP contribution in [0.1, 0.15) is 18.4 Å². The maximum absolute atomic E-state index is 12.6. The molecule has 0 unspecified atom stereocenters. The van der Waals surface area contributed by atoms with E-state index in [0.29, 0.717) is 19.4 Å².